The zero-order valence-electron chi connectivity index (χ0n) is 11.7. The molecule has 0 fully saturated rings. The highest BCUT2D eigenvalue weighted by atomic mass is 16.3. The van der Waals surface area contributed by atoms with Crippen molar-refractivity contribution < 1.29 is 4.42 Å². The van der Waals surface area contributed by atoms with E-state index in [1.807, 2.05) is 12.1 Å². The minimum absolute atomic E-state index is 0.836. The van der Waals surface area contributed by atoms with Crippen molar-refractivity contribution in [2.24, 2.45) is 0 Å². The molecule has 0 atom stereocenters. The van der Waals surface area contributed by atoms with Crippen LogP contribution >= 0.6 is 0 Å². The largest absolute Gasteiger partial charge is 0.468 e. The maximum absolute atomic E-state index is 5.59. The van der Waals surface area contributed by atoms with E-state index < -0.39 is 0 Å². The standard InChI is InChI=1S/C16H22N2O/c1-3-17-11-15-9-10-19-16(15)13-18(2)12-14-7-5-4-6-8-14/h4-10,17H,3,11-13H2,1-2H3. The first-order chi connectivity index (χ1) is 9.29. The van der Waals surface area contributed by atoms with Crippen molar-refractivity contribution in [1.29, 1.82) is 0 Å². The zero-order valence-corrected chi connectivity index (χ0v) is 11.7. The molecule has 0 saturated carbocycles. The molecule has 0 bridgehead atoms. The summed E-state index contributed by atoms with van der Waals surface area (Å²) in [7, 11) is 2.12. The minimum Gasteiger partial charge on any atom is -0.468 e. The molecule has 2 rings (SSSR count). The first kappa shape index (κ1) is 13.8. The van der Waals surface area contributed by atoms with E-state index in [4.69, 9.17) is 4.42 Å². The molecule has 0 radical (unpaired) electrons. The summed E-state index contributed by atoms with van der Waals surface area (Å²) in [5.41, 5.74) is 2.58. The number of nitrogens with zero attached hydrogens (tertiary/aromatic N) is 1. The Balaban J connectivity index is 1.91. The normalized spacial score (nSPS) is 11.1. The summed E-state index contributed by atoms with van der Waals surface area (Å²) in [5.74, 6) is 1.05. The van der Waals surface area contributed by atoms with E-state index in [1.165, 1.54) is 11.1 Å². The van der Waals surface area contributed by atoms with E-state index in [0.717, 1.165) is 31.9 Å². The van der Waals surface area contributed by atoms with E-state index in [9.17, 15) is 0 Å². The molecule has 1 N–H and O–H groups in total. The summed E-state index contributed by atoms with van der Waals surface area (Å²) in [6.07, 6.45) is 1.78. The molecular weight excluding hydrogens is 236 g/mol. The fraction of sp³-hybridized carbons (Fsp3) is 0.375. The Hall–Kier alpha value is -1.58. The number of rotatable bonds is 7. The van der Waals surface area contributed by atoms with E-state index in [1.54, 1.807) is 6.26 Å². The molecule has 0 aliphatic heterocycles. The summed E-state index contributed by atoms with van der Waals surface area (Å²) in [6.45, 7) is 5.73. The number of hydrogen-bond acceptors (Lipinski definition) is 3. The van der Waals surface area contributed by atoms with Gasteiger partial charge >= 0.3 is 0 Å². The Morgan fingerprint density at radius 2 is 1.89 bits per heavy atom. The minimum atomic E-state index is 0.836. The van der Waals surface area contributed by atoms with E-state index in [-0.39, 0.29) is 0 Å². The second-order valence-corrected chi connectivity index (χ2v) is 4.81. The first-order valence-corrected chi connectivity index (χ1v) is 6.78. The van der Waals surface area contributed by atoms with Crippen LogP contribution in [0.25, 0.3) is 0 Å². The van der Waals surface area contributed by atoms with Crippen LogP contribution in [-0.2, 0) is 19.6 Å². The predicted molar refractivity (Wildman–Crippen MR) is 77.7 cm³/mol. The number of furan rings is 1. The van der Waals surface area contributed by atoms with Crippen molar-refractivity contribution in [1.82, 2.24) is 10.2 Å². The quantitative estimate of drug-likeness (QED) is 0.827. The predicted octanol–water partition coefficient (Wildman–Crippen LogP) is 3.02. The van der Waals surface area contributed by atoms with Crippen LogP contribution in [0, 0.1) is 0 Å². The Kier molecular flexibility index (Phi) is 5.19. The lowest BCUT2D eigenvalue weighted by atomic mass is 10.2. The molecular formula is C16H22N2O. The molecule has 3 heteroatoms. The monoisotopic (exact) mass is 258 g/mol. The van der Waals surface area contributed by atoms with Crippen molar-refractivity contribution in [2.75, 3.05) is 13.6 Å². The van der Waals surface area contributed by atoms with Crippen LogP contribution in [0.4, 0.5) is 0 Å². The van der Waals surface area contributed by atoms with Gasteiger partial charge in [0.25, 0.3) is 0 Å². The van der Waals surface area contributed by atoms with Gasteiger partial charge in [-0.05, 0) is 25.2 Å². The molecule has 1 heterocycles. The maximum Gasteiger partial charge on any atom is 0.122 e. The fourth-order valence-corrected chi connectivity index (χ4v) is 2.12. The molecule has 0 aliphatic carbocycles. The van der Waals surface area contributed by atoms with Crippen molar-refractivity contribution in [3.05, 3.63) is 59.5 Å². The number of benzene rings is 1. The number of nitrogens with one attached hydrogen (secondary N) is 1. The molecule has 0 saturated heterocycles. The molecule has 19 heavy (non-hydrogen) atoms. The summed E-state index contributed by atoms with van der Waals surface area (Å²) in [5, 5.41) is 3.34. The Labute approximate surface area is 115 Å². The fourth-order valence-electron chi connectivity index (χ4n) is 2.12. The molecule has 102 valence electrons. The first-order valence-electron chi connectivity index (χ1n) is 6.78. The Morgan fingerprint density at radius 3 is 2.63 bits per heavy atom. The van der Waals surface area contributed by atoms with Crippen molar-refractivity contribution in [2.45, 2.75) is 26.6 Å². The topological polar surface area (TPSA) is 28.4 Å². The van der Waals surface area contributed by atoms with Gasteiger partial charge in [0.2, 0.25) is 0 Å². The summed E-state index contributed by atoms with van der Waals surface area (Å²) < 4.78 is 5.59. The van der Waals surface area contributed by atoms with Crippen molar-refractivity contribution in [3.8, 4) is 0 Å². The SMILES string of the molecule is CCNCc1ccoc1CN(C)Cc1ccccc1. The molecule has 0 amide bonds. The highest BCUT2D eigenvalue weighted by Crippen LogP contribution is 2.14. The summed E-state index contributed by atoms with van der Waals surface area (Å²) in [4.78, 5) is 2.27. The van der Waals surface area contributed by atoms with Crippen LogP contribution in [0.3, 0.4) is 0 Å². The molecule has 1 aromatic carbocycles. The molecule has 0 unspecified atom stereocenters. The van der Waals surface area contributed by atoms with Crippen molar-refractivity contribution >= 4 is 0 Å². The van der Waals surface area contributed by atoms with Gasteiger partial charge in [0.05, 0.1) is 12.8 Å². The van der Waals surface area contributed by atoms with Gasteiger partial charge in [-0.15, -0.1) is 0 Å². The Morgan fingerprint density at radius 1 is 1.11 bits per heavy atom. The van der Waals surface area contributed by atoms with Crippen LogP contribution in [0.1, 0.15) is 23.8 Å². The lowest BCUT2D eigenvalue weighted by molar-refractivity contribution is 0.286. The van der Waals surface area contributed by atoms with Gasteiger partial charge in [-0.3, -0.25) is 4.90 Å². The van der Waals surface area contributed by atoms with Crippen LogP contribution in [0.15, 0.2) is 47.1 Å². The lowest BCUT2D eigenvalue weighted by Crippen LogP contribution is -2.19. The highest BCUT2D eigenvalue weighted by molar-refractivity contribution is 5.18. The summed E-state index contributed by atoms with van der Waals surface area (Å²) >= 11 is 0. The van der Waals surface area contributed by atoms with Crippen molar-refractivity contribution in [3.63, 3.8) is 0 Å². The molecule has 2 aromatic rings. The van der Waals surface area contributed by atoms with E-state index in [2.05, 4.69) is 48.5 Å². The van der Waals surface area contributed by atoms with Gasteiger partial charge < -0.3 is 9.73 Å². The third-order valence-corrected chi connectivity index (χ3v) is 3.11. The van der Waals surface area contributed by atoms with Crippen LogP contribution in [0.5, 0.6) is 0 Å². The van der Waals surface area contributed by atoms with Crippen LogP contribution < -0.4 is 5.32 Å². The second-order valence-electron chi connectivity index (χ2n) is 4.81. The third kappa shape index (κ3) is 4.23. The summed E-state index contributed by atoms with van der Waals surface area (Å²) in [6, 6.07) is 12.6. The molecule has 0 spiro atoms. The van der Waals surface area contributed by atoms with Gasteiger partial charge in [-0.1, -0.05) is 37.3 Å². The molecule has 0 aliphatic rings. The van der Waals surface area contributed by atoms with E-state index >= 15 is 0 Å². The maximum atomic E-state index is 5.59. The molecule has 3 nitrogen and oxygen atoms in total. The lowest BCUT2D eigenvalue weighted by Gasteiger charge is -2.16. The third-order valence-electron chi connectivity index (χ3n) is 3.11. The van der Waals surface area contributed by atoms with Gasteiger partial charge in [-0.2, -0.15) is 0 Å². The zero-order chi connectivity index (χ0) is 13.5. The smallest absolute Gasteiger partial charge is 0.122 e. The van der Waals surface area contributed by atoms with Gasteiger partial charge in [0.15, 0.2) is 0 Å². The average molecular weight is 258 g/mol. The average Bonchev–Trinajstić information content (AvgIpc) is 2.84. The van der Waals surface area contributed by atoms with E-state index in [0.29, 0.717) is 0 Å². The van der Waals surface area contributed by atoms with Gasteiger partial charge in [-0.25, -0.2) is 0 Å². The second kappa shape index (κ2) is 7.12. The molecule has 1 aromatic heterocycles. The van der Waals surface area contributed by atoms with Crippen LogP contribution in [0.2, 0.25) is 0 Å². The number of hydrogen-bond donors (Lipinski definition) is 1. The van der Waals surface area contributed by atoms with Gasteiger partial charge in [0, 0.05) is 18.7 Å². The van der Waals surface area contributed by atoms with Gasteiger partial charge in [0.1, 0.15) is 5.76 Å². The Bertz CT molecular complexity index is 479. The van der Waals surface area contributed by atoms with Crippen LogP contribution in [-0.4, -0.2) is 18.5 Å². The highest BCUT2D eigenvalue weighted by Gasteiger charge is 2.09.